The molecule has 0 rings (SSSR count). The molecule has 8 N–H and O–H groups in total. The molecule has 11 heteroatoms. The zero-order valence-corrected chi connectivity index (χ0v) is 17.7. The SMILES string of the molecule is CC(C)C(N)C(=O)NC(C(=O)NC(C(=O)NC(C(=O)O)C(C)O)C(C)O)C(C)C. The highest BCUT2D eigenvalue weighted by Crippen LogP contribution is 2.07. The van der Waals surface area contributed by atoms with E-state index in [0.717, 1.165) is 0 Å². The summed E-state index contributed by atoms with van der Waals surface area (Å²) < 4.78 is 0. The highest BCUT2D eigenvalue weighted by atomic mass is 16.4. The minimum absolute atomic E-state index is 0.157. The van der Waals surface area contributed by atoms with E-state index in [1.807, 2.05) is 0 Å². The minimum Gasteiger partial charge on any atom is -0.480 e. The van der Waals surface area contributed by atoms with E-state index < -0.39 is 60.1 Å². The molecule has 0 saturated heterocycles. The smallest absolute Gasteiger partial charge is 0.328 e. The Hall–Kier alpha value is -2.24. The van der Waals surface area contributed by atoms with Crippen molar-refractivity contribution in [1.82, 2.24) is 16.0 Å². The third kappa shape index (κ3) is 8.34. The van der Waals surface area contributed by atoms with Gasteiger partial charge in [-0.1, -0.05) is 27.7 Å². The number of nitrogens with one attached hydrogen (secondary N) is 3. The van der Waals surface area contributed by atoms with Gasteiger partial charge in [0.25, 0.3) is 0 Å². The first-order valence-electron chi connectivity index (χ1n) is 9.46. The van der Waals surface area contributed by atoms with Crippen molar-refractivity contribution in [3.05, 3.63) is 0 Å². The number of hydrogen-bond acceptors (Lipinski definition) is 7. The van der Waals surface area contributed by atoms with Gasteiger partial charge in [-0.2, -0.15) is 0 Å². The number of carbonyl (C=O) groups excluding carboxylic acids is 3. The van der Waals surface area contributed by atoms with Crippen molar-refractivity contribution in [3.8, 4) is 0 Å². The first kappa shape index (κ1) is 26.8. The molecule has 0 heterocycles. The van der Waals surface area contributed by atoms with Crippen LogP contribution >= 0.6 is 0 Å². The van der Waals surface area contributed by atoms with Gasteiger partial charge in [-0.25, -0.2) is 4.79 Å². The van der Waals surface area contributed by atoms with Gasteiger partial charge in [-0.05, 0) is 25.7 Å². The molecule has 0 aliphatic rings. The second kappa shape index (κ2) is 11.7. The maximum absolute atomic E-state index is 12.7. The number of carbonyl (C=O) groups is 4. The Kier molecular flexibility index (Phi) is 10.8. The molecule has 0 aromatic heterocycles. The van der Waals surface area contributed by atoms with Gasteiger partial charge < -0.3 is 37.0 Å². The van der Waals surface area contributed by atoms with Crippen molar-refractivity contribution < 1.29 is 34.5 Å². The predicted molar refractivity (Wildman–Crippen MR) is 104 cm³/mol. The van der Waals surface area contributed by atoms with Crippen LogP contribution in [0.5, 0.6) is 0 Å². The van der Waals surface area contributed by atoms with Gasteiger partial charge in [0.1, 0.15) is 12.1 Å². The summed E-state index contributed by atoms with van der Waals surface area (Å²) in [5.74, 6) is -4.26. The first-order chi connectivity index (χ1) is 13.2. The van der Waals surface area contributed by atoms with Crippen LogP contribution < -0.4 is 21.7 Å². The molecule has 0 bridgehead atoms. The van der Waals surface area contributed by atoms with Crippen LogP contribution in [0.1, 0.15) is 41.5 Å². The van der Waals surface area contributed by atoms with E-state index in [9.17, 15) is 29.4 Å². The Balaban J connectivity index is 5.37. The number of carboxylic acids is 1. The third-order valence-electron chi connectivity index (χ3n) is 4.38. The van der Waals surface area contributed by atoms with Gasteiger partial charge in [0, 0.05) is 0 Å². The Morgan fingerprint density at radius 3 is 1.38 bits per heavy atom. The Morgan fingerprint density at radius 2 is 1.03 bits per heavy atom. The molecule has 3 amide bonds. The van der Waals surface area contributed by atoms with Gasteiger partial charge in [0.2, 0.25) is 17.7 Å². The summed E-state index contributed by atoms with van der Waals surface area (Å²) in [5.41, 5.74) is 5.79. The standard InChI is InChI=1S/C18H34N4O7/c1-7(2)11(19)15(25)20-12(8(3)4)16(26)21-13(9(5)23)17(27)22-14(10(6)24)18(28)29/h7-14,23-24H,19H2,1-6H3,(H,20,25)(H,21,26)(H,22,27)(H,28,29). The van der Waals surface area contributed by atoms with Crippen molar-refractivity contribution in [3.63, 3.8) is 0 Å². The van der Waals surface area contributed by atoms with Crippen molar-refractivity contribution in [2.75, 3.05) is 0 Å². The Morgan fingerprint density at radius 1 is 0.655 bits per heavy atom. The number of aliphatic hydroxyl groups excluding tert-OH is 2. The summed E-state index contributed by atoms with van der Waals surface area (Å²) in [6.45, 7) is 9.28. The predicted octanol–water partition coefficient (Wildman–Crippen LogP) is -2.07. The van der Waals surface area contributed by atoms with E-state index in [0.29, 0.717) is 0 Å². The lowest BCUT2D eigenvalue weighted by Gasteiger charge is -2.28. The van der Waals surface area contributed by atoms with Crippen molar-refractivity contribution in [2.24, 2.45) is 17.6 Å². The van der Waals surface area contributed by atoms with E-state index in [1.54, 1.807) is 27.7 Å². The van der Waals surface area contributed by atoms with Crippen LogP contribution in [0.25, 0.3) is 0 Å². The lowest BCUT2D eigenvalue weighted by atomic mass is 9.99. The minimum atomic E-state index is -1.62. The van der Waals surface area contributed by atoms with E-state index in [-0.39, 0.29) is 11.8 Å². The quantitative estimate of drug-likeness (QED) is 0.199. The molecule has 0 saturated carbocycles. The van der Waals surface area contributed by atoms with Crippen LogP contribution in [0.4, 0.5) is 0 Å². The molecule has 6 unspecified atom stereocenters. The highest BCUT2D eigenvalue weighted by Gasteiger charge is 2.34. The summed E-state index contributed by atoms with van der Waals surface area (Å²) in [6, 6.07) is -4.99. The fourth-order valence-electron chi connectivity index (χ4n) is 2.37. The van der Waals surface area contributed by atoms with E-state index in [4.69, 9.17) is 10.8 Å². The number of nitrogens with two attached hydrogens (primary N) is 1. The number of rotatable bonds is 11. The van der Waals surface area contributed by atoms with E-state index in [1.165, 1.54) is 13.8 Å². The largest absolute Gasteiger partial charge is 0.480 e. The van der Waals surface area contributed by atoms with Crippen LogP contribution in [0, 0.1) is 11.8 Å². The van der Waals surface area contributed by atoms with Gasteiger partial charge in [0.05, 0.1) is 18.2 Å². The Bertz CT molecular complexity index is 593. The summed E-state index contributed by atoms with van der Waals surface area (Å²) in [6.07, 6.45) is -2.77. The molecule has 11 nitrogen and oxygen atoms in total. The summed E-state index contributed by atoms with van der Waals surface area (Å²) in [7, 11) is 0. The maximum Gasteiger partial charge on any atom is 0.328 e. The van der Waals surface area contributed by atoms with Crippen molar-refractivity contribution in [2.45, 2.75) is 77.9 Å². The summed E-state index contributed by atoms with van der Waals surface area (Å²) in [5, 5.41) is 35.4. The van der Waals surface area contributed by atoms with E-state index >= 15 is 0 Å². The zero-order valence-electron chi connectivity index (χ0n) is 17.7. The molecule has 0 fully saturated rings. The maximum atomic E-state index is 12.7. The lowest BCUT2D eigenvalue weighted by Crippen LogP contribution is -2.61. The molecule has 0 radical (unpaired) electrons. The van der Waals surface area contributed by atoms with Gasteiger partial charge >= 0.3 is 5.97 Å². The highest BCUT2D eigenvalue weighted by molar-refractivity contribution is 5.94. The molecular weight excluding hydrogens is 384 g/mol. The van der Waals surface area contributed by atoms with Crippen LogP contribution in [0.3, 0.4) is 0 Å². The fraction of sp³-hybridized carbons (Fsp3) is 0.778. The molecule has 29 heavy (non-hydrogen) atoms. The number of aliphatic carboxylic acids is 1. The van der Waals surface area contributed by atoms with Gasteiger partial charge in [0.15, 0.2) is 6.04 Å². The number of hydrogen-bond donors (Lipinski definition) is 7. The summed E-state index contributed by atoms with van der Waals surface area (Å²) >= 11 is 0. The third-order valence-corrected chi connectivity index (χ3v) is 4.38. The molecule has 0 aliphatic carbocycles. The normalized spacial score (nSPS) is 17.6. The fourth-order valence-corrected chi connectivity index (χ4v) is 2.37. The van der Waals surface area contributed by atoms with Gasteiger partial charge in [-0.15, -0.1) is 0 Å². The average molecular weight is 418 g/mol. The van der Waals surface area contributed by atoms with Crippen LogP contribution in [0.15, 0.2) is 0 Å². The topological polar surface area (TPSA) is 191 Å². The average Bonchev–Trinajstić information content (AvgIpc) is 2.59. The van der Waals surface area contributed by atoms with Crippen LogP contribution in [-0.2, 0) is 19.2 Å². The first-order valence-corrected chi connectivity index (χ1v) is 9.46. The van der Waals surface area contributed by atoms with Crippen LogP contribution in [0.2, 0.25) is 0 Å². The molecular formula is C18H34N4O7. The summed E-state index contributed by atoms with van der Waals surface area (Å²) in [4.78, 5) is 48.4. The number of aliphatic hydroxyl groups is 2. The molecule has 168 valence electrons. The second-order valence-electron chi connectivity index (χ2n) is 7.79. The monoisotopic (exact) mass is 418 g/mol. The number of amides is 3. The van der Waals surface area contributed by atoms with Crippen molar-refractivity contribution in [1.29, 1.82) is 0 Å². The molecule has 0 aromatic carbocycles. The van der Waals surface area contributed by atoms with E-state index in [2.05, 4.69) is 16.0 Å². The van der Waals surface area contributed by atoms with Crippen molar-refractivity contribution >= 4 is 23.7 Å². The second-order valence-corrected chi connectivity index (χ2v) is 7.79. The molecule has 0 aromatic rings. The lowest BCUT2D eigenvalue weighted by molar-refractivity contribution is -0.146. The molecule has 6 atom stereocenters. The molecule has 0 aliphatic heterocycles. The molecule has 0 spiro atoms. The van der Waals surface area contributed by atoms with Gasteiger partial charge in [-0.3, -0.25) is 14.4 Å². The number of carboxylic acid groups (broad SMARTS) is 1. The van der Waals surface area contributed by atoms with Crippen LogP contribution in [-0.4, -0.2) is 75.4 Å². The Labute approximate surface area is 170 Å². The zero-order chi connectivity index (χ0) is 23.0.